The quantitative estimate of drug-likeness (QED) is 0.234. The first-order valence-corrected chi connectivity index (χ1v) is 9.16. The van der Waals surface area contributed by atoms with Crippen molar-refractivity contribution in [3.05, 3.63) is 60.2 Å². The van der Waals surface area contributed by atoms with E-state index in [1.54, 1.807) is 38.4 Å². The van der Waals surface area contributed by atoms with E-state index in [0.717, 1.165) is 11.7 Å². The summed E-state index contributed by atoms with van der Waals surface area (Å²) in [6, 6.07) is 16.8. The summed E-state index contributed by atoms with van der Waals surface area (Å²) in [5, 5.41) is 6.11. The van der Waals surface area contributed by atoms with Gasteiger partial charge in [-0.25, -0.2) is 0 Å². The number of carbonyl (C=O) groups is 1. The van der Waals surface area contributed by atoms with Crippen LogP contribution in [-0.2, 0) is 0 Å². The van der Waals surface area contributed by atoms with Gasteiger partial charge in [-0.3, -0.25) is 9.79 Å². The number of methoxy groups -OCH3 is 1. The van der Waals surface area contributed by atoms with Crippen molar-refractivity contribution in [2.75, 3.05) is 47.4 Å². The third-order valence-corrected chi connectivity index (χ3v) is 4.04. The summed E-state index contributed by atoms with van der Waals surface area (Å²) < 4.78 is 10.8. The zero-order chi connectivity index (χ0) is 20.2. The molecule has 0 atom stereocenters. The van der Waals surface area contributed by atoms with Crippen LogP contribution in [0.5, 0.6) is 11.5 Å². The number of halogens is 1. The average molecular weight is 512 g/mol. The third kappa shape index (κ3) is 8.59. The summed E-state index contributed by atoms with van der Waals surface area (Å²) in [4.78, 5) is 18.4. The molecule has 1 amide bonds. The van der Waals surface area contributed by atoms with Crippen LogP contribution >= 0.6 is 24.0 Å². The second kappa shape index (κ2) is 13.6. The summed E-state index contributed by atoms with van der Waals surface area (Å²) in [5.41, 5.74) is 0.568. The van der Waals surface area contributed by atoms with Crippen LogP contribution in [0, 0.1) is 0 Å². The van der Waals surface area contributed by atoms with E-state index in [1.807, 2.05) is 42.3 Å². The molecule has 0 aliphatic rings. The topological polar surface area (TPSA) is 75.2 Å². The van der Waals surface area contributed by atoms with Crippen molar-refractivity contribution >= 4 is 35.8 Å². The SMILES string of the molecule is CN=C(NCCNC(=O)c1cccc(OC)c1)N(C)CCOc1ccccc1.I. The fourth-order valence-corrected chi connectivity index (χ4v) is 2.52. The van der Waals surface area contributed by atoms with Gasteiger partial charge < -0.3 is 25.0 Å². The van der Waals surface area contributed by atoms with Gasteiger partial charge in [0.2, 0.25) is 0 Å². The molecule has 0 unspecified atom stereocenters. The Hall–Kier alpha value is -2.49. The van der Waals surface area contributed by atoms with E-state index >= 15 is 0 Å². The third-order valence-electron chi connectivity index (χ3n) is 4.04. The van der Waals surface area contributed by atoms with Crippen molar-refractivity contribution in [1.29, 1.82) is 0 Å². The number of likely N-dealkylation sites (N-methyl/N-ethyl adjacent to an activating group) is 1. The van der Waals surface area contributed by atoms with Gasteiger partial charge >= 0.3 is 0 Å². The number of guanidine groups is 1. The number of rotatable bonds is 9. The highest BCUT2D eigenvalue weighted by Gasteiger charge is 2.08. The highest BCUT2D eigenvalue weighted by molar-refractivity contribution is 14.0. The van der Waals surface area contributed by atoms with E-state index in [0.29, 0.717) is 37.6 Å². The van der Waals surface area contributed by atoms with Crippen molar-refractivity contribution in [2.24, 2.45) is 4.99 Å². The highest BCUT2D eigenvalue weighted by Crippen LogP contribution is 2.12. The highest BCUT2D eigenvalue weighted by atomic mass is 127. The first-order valence-electron chi connectivity index (χ1n) is 9.16. The van der Waals surface area contributed by atoms with Crippen molar-refractivity contribution in [2.45, 2.75) is 0 Å². The first kappa shape index (κ1) is 24.5. The number of ether oxygens (including phenoxy) is 2. The van der Waals surface area contributed by atoms with Gasteiger partial charge in [-0.15, -0.1) is 24.0 Å². The predicted octanol–water partition coefficient (Wildman–Crippen LogP) is 2.63. The van der Waals surface area contributed by atoms with Gasteiger partial charge in [0.15, 0.2) is 5.96 Å². The standard InChI is InChI=1S/C21H28N4O3.HI/c1-22-21(25(2)14-15-28-18-9-5-4-6-10-18)24-13-12-23-20(26)17-8-7-11-19(16-17)27-3;/h4-11,16H,12-15H2,1-3H3,(H,22,24)(H,23,26);1H. The molecule has 0 bridgehead atoms. The molecular weight excluding hydrogens is 483 g/mol. The zero-order valence-corrected chi connectivity index (χ0v) is 19.4. The molecule has 0 saturated heterocycles. The van der Waals surface area contributed by atoms with Gasteiger partial charge in [-0.2, -0.15) is 0 Å². The predicted molar refractivity (Wildman–Crippen MR) is 127 cm³/mol. The smallest absolute Gasteiger partial charge is 0.251 e. The van der Waals surface area contributed by atoms with Crippen molar-refractivity contribution < 1.29 is 14.3 Å². The van der Waals surface area contributed by atoms with Gasteiger partial charge in [-0.05, 0) is 30.3 Å². The minimum Gasteiger partial charge on any atom is -0.497 e. The Balaban J connectivity index is 0.00000420. The minimum atomic E-state index is -0.139. The van der Waals surface area contributed by atoms with Crippen LogP contribution in [0.1, 0.15) is 10.4 Å². The van der Waals surface area contributed by atoms with Crippen LogP contribution in [0.15, 0.2) is 59.6 Å². The van der Waals surface area contributed by atoms with Crippen molar-refractivity contribution in [3.63, 3.8) is 0 Å². The van der Waals surface area contributed by atoms with Crippen LogP contribution < -0.4 is 20.1 Å². The molecule has 29 heavy (non-hydrogen) atoms. The minimum absolute atomic E-state index is 0. The molecule has 2 rings (SSSR count). The Kier molecular flexibility index (Phi) is 11.6. The van der Waals surface area contributed by atoms with E-state index in [4.69, 9.17) is 9.47 Å². The Morgan fingerprint density at radius 3 is 2.41 bits per heavy atom. The Labute approximate surface area is 189 Å². The normalized spacial score (nSPS) is 10.5. The summed E-state index contributed by atoms with van der Waals surface area (Å²) in [6.07, 6.45) is 0. The van der Waals surface area contributed by atoms with Crippen LogP contribution in [0.25, 0.3) is 0 Å². The van der Waals surface area contributed by atoms with Gasteiger partial charge in [0.05, 0.1) is 13.7 Å². The molecule has 2 aromatic rings. The van der Waals surface area contributed by atoms with Crippen LogP contribution in [0.4, 0.5) is 0 Å². The Bertz CT molecular complexity index is 772. The van der Waals surface area contributed by atoms with E-state index in [2.05, 4.69) is 15.6 Å². The van der Waals surface area contributed by atoms with Gasteiger partial charge in [0, 0.05) is 32.7 Å². The van der Waals surface area contributed by atoms with E-state index in [9.17, 15) is 4.79 Å². The molecule has 0 saturated carbocycles. The number of para-hydroxylation sites is 1. The largest absolute Gasteiger partial charge is 0.497 e. The number of aliphatic imine (C=N–C) groups is 1. The fourth-order valence-electron chi connectivity index (χ4n) is 2.52. The van der Waals surface area contributed by atoms with E-state index in [1.165, 1.54) is 0 Å². The maximum atomic E-state index is 12.2. The molecule has 0 radical (unpaired) electrons. The molecule has 0 heterocycles. The van der Waals surface area contributed by atoms with Gasteiger partial charge in [0.1, 0.15) is 18.1 Å². The lowest BCUT2D eigenvalue weighted by atomic mass is 10.2. The maximum absolute atomic E-state index is 12.2. The number of benzene rings is 2. The number of amides is 1. The van der Waals surface area contributed by atoms with E-state index in [-0.39, 0.29) is 29.9 Å². The average Bonchev–Trinajstić information content (AvgIpc) is 2.74. The summed E-state index contributed by atoms with van der Waals surface area (Å²) in [7, 11) is 5.25. The van der Waals surface area contributed by atoms with Crippen LogP contribution in [0.3, 0.4) is 0 Å². The first-order chi connectivity index (χ1) is 13.6. The molecule has 158 valence electrons. The molecule has 8 heteroatoms. The van der Waals surface area contributed by atoms with Gasteiger partial charge in [0.25, 0.3) is 5.91 Å². The number of hydrogen-bond donors (Lipinski definition) is 2. The maximum Gasteiger partial charge on any atom is 0.251 e. The number of carbonyl (C=O) groups excluding carboxylic acids is 1. The second-order valence-electron chi connectivity index (χ2n) is 6.04. The molecule has 0 fully saturated rings. The number of nitrogens with zero attached hydrogens (tertiary/aromatic N) is 2. The van der Waals surface area contributed by atoms with Crippen molar-refractivity contribution in [3.8, 4) is 11.5 Å². The fraction of sp³-hybridized carbons (Fsp3) is 0.333. The molecule has 0 aliphatic heterocycles. The Morgan fingerprint density at radius 1 is 1.03 bits per heavy atom. The molecule has 2 aromatic carbocycles. The molecule has 0 spiro atoms. The molecular formula is C21H29IN4O3. The molecule has 0 aromatic heterocycles. The van der Waals surface area contributed by atoms with Crippen molar-refractivity contribution in [1.82, 2.24) is 15.5 Å². The molecule has 7 nitrogen and oxygen atoms in total. The number of nitrogens with one attached hydrogen (secondary N) is 2. The Morgan fingerprint density at radius 2 is 1.72 bits per heavy atom. The molecule has 2 N–H and O–H groups in total. The van der Waals surface area contributed by atoms with E-state index < -0.39 is 0 Å². The zero-order valence-electron chi connectivity index (χ0n) is 17.1. The van der Waals surface area contributed by atoms with Crippen LogP contribution in [-0.4, -0.2) is 64.2 Å². The summed E-state index contributed by atoms with van der Waals surface area (Å²) >= 11 is 0. The summed E-state index contributed by atoms with van der Waals surface area (Å²) in [5.74, 6) is 2.11. The summed E-state index contributed by atoms with van der Waals surface area (Å²) in [6.45, 7) is 2.27. The monoisotopic (exact) mass is 512 g/mol. The van der Waals surface area contributed by atoms with Gasteiger partial charge in [-0.1, -0.05) is 24.3 Å². The lowest BCUT2D eigenvalue weighted by Gasteiger charge is -2.22. The number of hydrogen-bond acceptors (Lipinski definition) is 4. The lowest BCUT2D eigenvalue weighted by molar-refractivity contribution is 0.0954. The second-order valence-corrected chi connectivity index (χ2v) is 6.04. The molecule has 0 aliphatic carbocycles. The lowest BCUT2D eigenvalue weighted by Crippen LogP contribution is -2.43. The van der Waals surface area contributed by atoms with Crippen LogP contribution in [0.2, 0.25) is 0 Å².